The zero-order chi connectivity index (χ0) is 22.2. The Kier molecular flexibility index (Phi) is 7.91. The molecule has 1 aliphatic carbocycles. The Hall–Kier alpha value is -3.04. The molecule has 1 heterocycles. The van der Waals surface area contributed by atoms with Crippen molar-refractivity contribution < 1.29 is 4.39 Å². The summed E-state index contributed by atoms with van der Waals surface area (Å²) in [7, 11) is 0. The number of nitrogens with one attached hydrogen (secondary N) is 2. The number of allylic oxidation sites excluding steroid dienone is 3. The highest BCUT2D eigenvalue weighted by atomic mass is 32.2. The average Bonchev–Trinajstić information content (AvgIpc) is 2.72. The second-order valence-electron chi connectivity index (χ2n) is 7.23. The van der Waals surface area contributed by atoms with Crippen LogP contribution in [0, 0.1) is 5.82 Å². The number of nitrogens with zero attached hydrogens (tertiary/aromatic N) is 2. The second kappa shape index (κ2) is 10.8. The number of rotatable bonds is 8. The van der Waals surface area contributed by atoms with Crippen LogP contribution in [-0.2, 0) is 0 Å². The van der Waals surface area contributed by atoms with Gasteiger partial charge in [-0.05, 0) is 49.4 Å². The van der Waals surface area contributed by atoms with Crippen LogP contribution < -0.4 is 27.8 Å². The quantitative estimate of drug-likeness (QED) is 0.304. The van der Waals surface area contributed by atoms with Gasteiger partial charge in [-0.15, -0.1) is 0 Å². The van der Waals surface area contributed by atoms with E-state index in [1.807, 2.05) is 0 Å². The van der Waals surface area contributed by atoms with Crippen LogP contribution in [0.4, 0.5) is 27.7 Å². The fourth-order valence-electron chi connectivity index (χ4n) is 3.40. The molecule has 3 rings (SSSR count). The number of nitrogen functional groups attached to an aromatic ring is 1. The maximum absolute atomic E-state index is 14.7. The molecule has 164 valence electrons. The van der Waals surface area contributed by atoms with Crippen LogP contribution in [-0.4, -0.2) is 22.1 Å². The molecule has 0 bridgehead atoms. The minimum atomic E-state index is -0.371. The van der Waals surface area contributed by atoms with Crippen LogP contribution >= 0.6 is 11.8 Å². The molecule has 0 spiro atoms. The monoisotopic (exact) mass is 441 g/mol. The van der Waals surface area contributed by atoms with Crippen molar-refractivity contribution in [2.75, 3.05) is 16.4 Å². The number of benzene rings is 1. The van der Waals surface area contributed by atoms with Crippen molar-refractivity contribution in [3.05, 3.63) is 66.0 Å². The van der Waals surface area contributed by atoms with Gasteiger partial charge in [-0.2, -0.15) is 9.97 Å². The van der Waals surface area contributed by atoms with Crippen LogP contribution in [0.1, 0.15) is 25.7 Å². The first-order valence-electron chi connectivity index (χ1n) is 10.1. The molecule has 7 nitrogen and oxygen atoms in total. The van der Waals surface area contributed by atoms with Gasteiger partial charge < -0.3 is 27.8 Å². The second-order valence-corrected chi connectivity index (χ2v) is 8.35. The number of aromatic nitrogens is 2. The summed E-state index contributed by atoms with van der Waals surface area (Å²) in [5.74, 6) is 0.816. The van der Waals surface area contributed by atoms with Gasteiger partial charge in [-0.1, -0.05) is 37.3 Å². The fraction of sp³-hybridized carbons (Fsp3) is 0.273. The number of nitrogens with two attached hydrogens (primary N) is 3. The van der Waals surface area contributed by atoms with Gasteiger partial charge in [0.2, 0.25) is 5.95 Å². The Morgan fingerprint density at radius 1 is 1.19 bits per heavy atom. The molecule has 1 unspecified atom stereocenters. The van der Waals surface area contributed by atoms with Crippen LogP contribution in [0.3, 0.4) is 0 Å². The molecule has 0 amide bonds. The lowest BCUT2D eigenvalue weighted by Gasteiger charge is -2.29. The Bertz CT molecular complexity index is 976. The number of halogens is 1. The zero-order valence-corrected chi connectivity index (χ0v) is 18.0. The lowest BCUT2D eigenvalue weighted by molar-refractivity contribution is 0.403. The first-order chi connectivity index (χ1) is 15.0. The molecule has 1 aliphatic rings. The predicted octanol–water partition coefficient (Wildman–Crippen LogP) is 4.26. The van der Waals surface area contributed by atoms with Gasteiger partial charge in [-0.25, -0.2) is 4.39 Å². The number of thioether (sulfide) groups is 1. The summed E-state index contributed by atoms with van der Waals surface area (Å²) in [6, 6.07) is 6.83. The van der Waals surface area contributed by atoms with Crippen LogP contribution in [0.2, 0.25) is 0 Å². The number of hydrogen-bond donors (Lipinski definition) is 5. The minimum absolute atomic E-state index is 0.0784. The fourth-order valence-corrected chi connectivity index (χ4v) is 4.26. The van der Waals surface area contributed by atoms with E-state index in [-0.39, 0.29) is 23.8 Å². The third-order valence-electron chi connectivity index (χ3n) is 4.87. The SMILES string of the molecule is C=C/C=C(\C=C/N)Sc1ccc(Nc2cc(NC3CCCC[C@H]3N)nc(N)n2)cc1F. The Morgan fingerprint density at radius 2 is 1.97 bits per heavy atom. The van der Waals surface area contributed by atoms with E-state index in [2.05, 4.69) is 27.2 Å². The zero-order valence-electron chi connectivity index (χ0n) is 17.2. The molecule has 1 aromatic carbocycles. The summed E-state index contributed by atoms with van der Waals surface area (Å²) >= 11 is 1.26. The molecule has 1 aromatic heterocycles. The first-order valence-corrected chi connectivity index (χ1v) is 10.9. The van der Waals surface area contributed by atoms with E-state index in [1.54, 1.807) is 36.4 Å². The van der Waals surface area contributed by atoms with Crippen molar-refractivity contribution in [1.29, 1.82) is 0 Å². The summed E-state index contributed by atoms with van der Waals surface area (Å²) in [5.41, 5.74) is 18.1. The molecular formula is C22H28FN7S. The van der Waals surface area contributed by atoms with Gasteiger partial charge in [0.25, 0.3) is 0 Å². The van der Waals surface area contributed by atoms with Crippen LogP contribution in [0.15, 0.2) is 65.1 Å². The number of hydrogen-bond acceptors (Lipinski definition) is 8. The molecule has 31 heavy (non-hydrogen) atoms. The minimum Gasteiger partial charge on any atom is -0.405 e. The molecule has 8 N–H and O–H groups in total. The molecule has 2 aromatic rings. The van der Waals surface area contributed by atoms with Crippen molar-refractivity contribution in [3.8, 4) is 0 Å². The molecule has 2 atom stereocenters. The number of anilines is 4. The lowest BCUT2D eigenvalue weighted by atomic mass is 9.91. The molecule has 1 saturated carbocycles. The van der Waals surface area contributed by atoms with Crippen LogP contribution in [0.25, 0.3) is 0 Å². The van der Waals surface area contributed by atoms with Gasteiger partial charge >= 0.3 is 0 Å². The summed E-state index contributed by atoms with van der Waals surface area (Å²) in [4.78, 5) is 9.70. The summed E-state index contributed by atoms with van der Waals surface area (Å²) < 4.78 is 14.7. The maximum atomic E-state index is 14.7. The highest BCUT2D eigenvalue weighted by Gasteiger charge is 2.22. The largest absolute Gasteiger partial charge is 0.405 e. The smallest absolute Gasteiger partial charge is 0.223 e. The highest BCUT2D eigenvalue weighted by Crippen LogP contribution is 2.32. The van der Waals surface area contributed by atoms with Gasteiger partial charge in [0.1, 0.15) is 17.5 Å². The van der Waals surface area contributed by atoms with Crippen molar-refractivity contribution in [3.63, 3.8) is 0 Å². The standard InChI is InChI=1S/C22H28FN7S/c1-2-5-15(10-11-24)31-19-9-8-14(12-16(19)23)27-20-13-21(30-22(26)29-20)28-18-7-4-3-6-17(18)25/h2,5,8-13,17-18H,1,3-4,6-7,24-25H2,(H4,26,27,28,29,30)/b11-10-,15-5+/t17-,18?/m1/s1. The van der Waals surface area contributed by atoms with Gasteiger partial charge in [0.05, 0.1) is 0 Å². The summed E-state index contributed by atoms with van der Waals surface area (Å²) in [6.07, 6.45) is 10.7. The van der Waals surface area contributed by atoms with Gasteiger partial charge in [-0.3, -0.25) is 0 Å². The van der Waals surface area contributed by atoms with Crippen molar-refractivity contribution in [2.24, 2.45) is 11.5 Å². The Morgan fingerprint density at radius 3 is 2.68 bits per heavy atom. The molecule has 0 aliphatic heterocycles. The Balaban J connectivity index is 1.73. The van der Waals surface area contributed by atoms with Crippen molar-refractivity contribution in [1.82, 2.24) is 9.97 Å². The third-order valence-corrected chi connectivity index (χ3v) is 5.93. The Labute approximate surface area is 186 Å². The van der Waals surface area contributed by atoms with E-state index in [9.17, 15) is 4.39 Å². The van der Waals surface area contributed by atoms with E-state index in [4.69, 9.17) is 17.2 Å². The van der Waals surface area contributed by atoms with E-state index >= 15 is 0 Å². The predicted molar refractivity (Wildman–Crippen MR) is 127 cm³/mol. The molecule has 1 fully saturated rings. The molecule has 0 saturated heterocycles. The normalized spacial score (nSPS) is 19.4. The van der Waals surface area contributed by atoms with E-state index in [0.717, 1.165) is 30.6 Å². The summed E-state index contributed by atoms with van der Waals surface area (Å²) in [5, 5.41) is 6.45. The molecular weight excluding hydrogens is 413 g/mol. The maximum Gasteiger partial charge on any atom is 0.223 e. The average molecular weight is 442 g/mol. The third kappa shape index (κ3) is 6.47. The lowest BCUT2D eigenvalue weighted by Crippen LogP contribution is -2.42. The summed E-state index contributed by atoms with van der Waals surface area (Å²) in [6.45, 7) is 3.66. The van der Waals surface area contributed by atoms with E-state index in [1.165, 1.54) is 24.0 Å². The topological polar surface area (TPSA) is 128 Å². The van der Waals surface area contributed by atoms with Crippen molar-refractivity contribution in [2.45, 2.75) is 42.7 Å². The van der Waals surface area contributed by atoms with Gasteiger partial charge in [0, 0.05) is 33.6 Å². The molecule has 9 heteroatoms. The van der Waals surface area contributed by atoms with E-state index in [0.29, 0.717) is 22.2 Å². The van der Waals surface area contributed by atoms with E-state index < -0.39 is 0 Å². The highest BCUT2D eigenvalue weighted by molar-refractivity contribution is 8.03. The molecule has 0 radical (unpaired) electrons. The first kappa shape index (κ1) is 22.6. The van der Waals surface area contributed by atoms with Crippen LogP contribution in [0.5, 0.6) is 0 Å². The van der Waals surface area contributed by atoms with Crippen molar-refractivity contribution >= 4 is 35.0 Å². The van der Waals surface area contributed by atoms with Gasteiger partial charge in [0.15, 0.2) is 0 Å².